The van der Waals surface area contributed by atoms with Crippen molar-refractivity contribution in [1.29, 1.82) is 0 Å². The minimum atomic E-state index is -2.88. The maximum absolute atomic E-state index is 11.4. The second-order valence-corrected chi connectivity index (χ2v) is 1.78. The smallest absolute Gasteiger partial charge is 0.344 e. The Labute approximate surface area is 65.6 Å². The predicted octanol–water partition coefficient (Wildman–Crippen LogP) is -0.194. The Morgan fingerprint density at radius 1 is 1.25 bits per heavy atom. The van der Waals surface area contributed by atoms with Crippen molar-refractivity contribution in [2.75, 3.05) is 6.61 Å². The molecule has 0 aliphatic heterocycles. The molecule has 0 radical (unpaired) electrons. The Morgan fingerprint density at radius 3 is 1.92 bits per heavy atom. The van der Waals surface area contributed by atoms with E-state index in [0.717, 1.165) is 0 Å². The summed E-state index contributed by atoms with van der Waals surface area (Å²) >= 11 is 0. The first-order valence-electron chi connectivity index (χ1n) is 2.80. The van der Waals surface area contributed by atoms with E-state index in [1.54, 1.807) is 0 Å². The van der Waals surface area contributed by atoms with Crippen LogP contribution in [0.4, 0.5) is 8.78 Å². The first kappa shape index (κ1) is 10.8. The molecule has 0 saturated heterocycles. The third kappa shape index (κ3) is 3.81. The van der Waals surface area contributed by atoms with Crippen LogP contribution in [0.1, 0.15) is 0 Å². The lowest BCUT2D eigenvalue weighted by atomic mass is 10.4. The van der Waals surface area contributed by atoms with Crippen molar-refractivity contribution in [2.45, 2.75) is 12.5 Å². The maximum Gasteiger partial charge on any atom is 0.344 e. The van der Waals surface area contributed by atoms with Crippen LogP contribution in [0, 0.1) is 0 Å². The van der Waals surface area contributed by atoms with Gasteiger partial charge in [-0.1, -0.05) is 0 Å². The topological polar surface area (TPSA) is 83.8 Å². The van der Waals surface area contributed by atoms with Gasteiger partial charge in [0.25, 0.3) is 12.5 Å². The first-order chi connectivity index (χ1) is 5.45. The van der Waals surface area contributed by atoms with Gasteiger partial charge in [0.05, 0.1) is 0 Å². The number of ether oxygens (including phenoxy) is 1. The highest BCUT2D eigenvalue weighted by molar-refractivity contribution is 5.95. The second kappa shape index (κ2) is 4.60. The van der Waals surface area contributed by atoms with Gasteiger partial charge < -0.3 is 14.9 Å². The quantitative estimate of drug-likeness (QED) is 0.578. The molecule has 0 aliphatic carbocycles. The molecule has 0 saturated carbocycles. The fraction of sp³-hybridized carbons (Fsp3) is 0.600. The minimum absolute atomic E-state index is 1.21. The van der Waals surface area contributed by atoms with Crippen molar-refractivity contribution in [3.8, 4) is 0 Å². The third-order valence-corrected chi connectivity index (χ3v) is 0.837. The van der Waals surface area contributed by atoms with Crippen LogP contribution in [0.3, 0.4) is 0 Å². The Bertz CT molecular complexity index is 167. The van der Waals surface area contributed by atoms with Crippen molar-refractivity contribution in [1.82, 2.24) is 0 Å². The van der Waals surface area contributed by atoms with Crippen molar-refractivity contribution in [3.05, 3.63) is 0 Å². The molecule has 0 fully saturated rings. The summed E-state index contributed by atoms with van der Waals surface area (Å²) < 4.78 is 26.7. The molecular weight excluding hydrogens is 178 g/mol. The molecule has 12 heavy (non-hydrogen) atoms. The average Bonchev–Trinajstić information content (AvgIpc) is 1.84. The van der Waals surface area contributed by atoms with Crippen molar-refractivity contribution >= 4 is 11.9 Å². The van der Waals surface area contributed by atoms with E-state index in [9.17, 15) is 18.4 Å². The van der Waals surface area contributed by atoms with Crippen molar-refractivity contribution in [2.24, 2.45) is 0 Å². The van der Waals surface area contributed by atoms with Gasteiger partial charge in [-0.3, -0.25) is 0 Å². The highest BCUT2D eigenvalue weighted by atomic mass is 19.3. The SMILES string of the molecule is O=C(O)C(OCC(F)F)C(=O)O. The normalized spacial score (nSPS) is 10.7. The third-order valence-electron chi connectivity index (χ3n) is 0.837. The Kier molecular flexibility index (Phi) is 4.12. The Morgan fingerprint density at radius 2 is 1.67 bits per heavy atom. The van der Waals surface area contributed by atoms with Crippen LogP contribution < -0.4 is 0 Å². The fourth-order valence-electron chi connectivity index (χ4n) is 0.417. The lowest BCUT2D eigenvalue weighted by molar-refractivity contribution is -0.168. The molecular formula is C5H6F2O5. The molecule has 70 valence electrons. The zero-order chi connectivity index (χ0) is 9.72. The van der Waals surface area contributed by atoms with E-state index in [1.165, 1.54) is 0 Å². The number of aliphatic carboxylic acids is 2. The molecule has 0 amide bonds. The van der Waals surface area contributed by atoms with Gasteiger partial charge in [0.2, 0.25) is 0 Å². The summed E-state index contributed by atoms with van der Waals surface area (Å²) in [5.41, 5.74) is 0. The zero-order valence-corrected chi connectivity index (χ0v) is 5.74. The number of rotatable bonds is 5. The molecule has 0 aliphatic rings. The van der Waals surface area contributed by atoms with Crippen LogP contribution >= 0.6 is 0 Å². The summed E-state index contributed by atoms with van der Waals surface area (Å²) in [4.78, 5) is 20.0. The highest BCUT2D eigenvalue weighted by Gasteiger charge is 2.27. The van der Waals surface area contributed by atoms with E-state index in [0.29, 0.717) is 0 Å². The lowest BCUT2D eigenvalue weighted by Gasteiger charge is -2.07. The van der Waals surface area contributed by atoms with Gasteiger partial charge in [0, 0.05) is 0 Å². The highest BCUT2D eigenvalue weighted by Crippen LogP contribution is 1.98. The number of carbonyl (C=O) groups is 2. The van der Waals surface area contributed by atoms with Crippen LogP contribution in [0.5, 0.6) is 0 Å². The molecule has 0 unspecified atom stereocenters. The van der Waals surface area contributed by atoms with Gasteiger partial charge in [-0.2, -0.15) is 0 Å². The van der Waals surface area contributed by atoms with Crippen LogP contribution in [0.15, 0.2) is 0 Å². The zero-order valence-electron chi connectivity index (χ0n) is 5.74. The second-order valence-electron chi connectivity index (χ2n) is 1.78. The summed E-state index contributed by atoms with van der Waals surface area (Å²) in [6.45, 7) is -1.21. The van der Waals surface area contributed by atoms with E-state index in [4.69, 9.17) is 10.2 Å². The average molecular weight is 184 g/mol. The molecule has 0 bridgehead atoms. The summed E-state index contributed by atoms with van der Waals surface area (Å²) in [6, 6.07) is 0. The predicted molar refractivity (Wildman–Crippen MR) is 31.0 cm³/mol. The van der Waals surface area contributed by atoms with Gasteiger partial charge >= 0.3 is 11.9 Å². The number of carboxylic acid groups (broad SMARTS) is 2. The Hall–Kier alpha value is -1.24. The molecule has 0 aromatic heterocycles. The fourth-order valence-corrected chi connectivity index (χ4v) is 0.417. The molecule has 7 heteroatoms. The van der Waals surface area contributed by atoms with E-state index < -0.39 is 31.1 Å². The maximum atomic E-state index is 11.4. The van der Waals surface area contributed by atoms with Crippen LogP contribution in [-0.2, 0) is 14.3 Å². The van der Waals surface area contributed by atoms with Gasteiger partial charge in [0.15, 0.2) is 0 Å². The summed E-state index contributed by atoms with van der Waals surface area (Å²) in [6.07, 6.45) is -5.11. The van der Waals surface area contributed by atoms with Gasteiger partial charge in [0.1, 0.15) is 6.61 Å². The molecule has 0 aromatic carbocycles. The molecule has 0 heterocycles. The van der Waals surface area contributed by atoms with Crippen LogP contribution in [-0.4, -0.2) is 41.3 Å². The first-order valence-corrected chi connectivity index (χ1v) is 2.80. The molecule has 0 aromatic rings. The standard InChI is InChI=1S/C5H6F2O5/c6-2(7)1-12-3(4(8)9)5(10)11/h2-3H,1H2,(H,8,9)(H,10,11). The summed E-state index contributed by atoms with van der Waals surface area (Å²) in [5, 5.41) is 16.2. The minimum Gasteiger partial charge on any atom is -0.479 e. The number of alkyl halides is 2. The largest absolute Gasteiger partial charge is 0.479 e. The van der Waals surface area contributed by atoms with E-state index >= 15 is 0 Å². The number of carboxylic acids is 2. The van der Waals surface area contributed by atoms with Gasteiger partial charge in [-0.05, 0) is 0 Å². The number of hydrogen-bond acceptors (Lipinski definition) is 3. The Balaban J connectivity index is 3.97. The van der Waals surface area contributed by atoms with Gasteiger partial charge in [-0.25, -0.2) is 18.4 Å². The van der Waals surface area contributed by atoms with Gasteiger partial charge in [-0.15, -0.1) is 0 Å². The summed E-state index contributed by atoms with van der Waals surface area (Å²) in [5.74, 6) is -3.61. The summed E-state index contributed by atoms with van der Waals surface area (Å²) in [7, 11) is 0. The van der Waals surface area contributed by atoms with Crippen LogP contribution in [0.25, 0.3) is 0 Å². The van der Waals surface area contributed by atoms with E-state index in [1.807, 2.05) is 0 Å². The lowest BCUT2D eigenvalue weighted by Crippen LogP contribution is -2.34. The monoisotopic (exact) mass is 184 g/mol. The number of halogens is 2. The molecule has 5 nitrogen and oxygen atoms in total. The number of hydrogen-bond donors (Lipinski definition) is 2. The molecule has 0 spiro atoms. The van der Waals surface area contributed by atoms with E-state index in [-0.39, 0.29) is 0 Å². The molecule has 0 rings (SSSR count). The molecule has 0 atom stereocenters. The van der Waals surface area contributed by atoms with Crippen LogP contribution in [0.2, 0.25) is 0 Å². The van der Waals surface area contributed by atoms with Crippen molar-refractivity contribution in [3.63, 3.8) is 0 Å². The van der Waals surface area contributed by atoms with Crippen molar-refractivity contribution < 1.29 is 33.3 Å². The van der Waals surface area contributed by atoms with E-state index in [2.05, 4.69) is 4.74 Å². The molecule has 2 N–H and O–H groups in total.